The number of fused-ring (bicyclic) bond motifs is 2. The fourth-order valence-corrected chi connectivity index (χ4v) is 3.76. The molecule has 0 N–H and O–H groups in total. The largest absolute Gasteiger partial charge is 0.290 e. The van der Waals surface area contributed by atoms with E-state index in [1.165, 1.54) is 11.1 Å². The summed E-state index contributed by atoms with van der Waals surface area (Å²) < 4.78 is 3.31. The van der Waals surface area contributed by atoms with Crippen molar-refractivity contribution in [2.24, 2.45) is 0 Å². The van der Waals surface area contributed by atoms with Crippen LogP contribution in [-0.4, -0.2) is 22.0 Å². The van der Waals surface area contributed by atoms with Gasteiger partial charge in [0.25, 0.3) is 0 Å². The van der Waals surface area contributed by atoms with Crippen LogP contribution in [0.1, 0.15) is 24.0 Å². The molecule has 0 aliphatic rings. The summed E-state index contributed by atoms with van der Waals surface area (Å²) in [6.07, 6.45) is 9.55. The van der Waals surface area contributed by atoms with E-state index in [0.717, 1.165) is 60.3 Å². The van der Waals surface area contributed by atoms with Gasteiger partial charge in [0.15, 0.2) is 0 Å². The lowest BCUT2D eigenvalue weighted by molar-refractivity contribution is 0.548. The summed E-state index contributed by atoms with van der Waals surface area (Å²) in [6, 6.07) is 16.0. The van der Waals surface area contributed by atoms with Crippen molar-refractivity contribution in [2.75, 3.05) is 0 Å². The molecule has 2 heterocycles. The Morgan fingerprint density at radius 3 is 1.50 bits per heavy atom. The first-order chi connectivity index (χ1) is 12.8. The fourth-order valence-electron chi connectivity index (χ4n) is 3.76. The minimum absolute atomic E-state index is 0.861. The Kier molecular flexibility index (Phi) is 4.40. The van der Waals surface area contributed by atoms with Crippen molar-refractivity contribution >= 4 is 34.6 Å². The molecule has 0 fully saturated rings. The summed E-state index contributed by atoms with van der Waals surface area (Å²) in [5, 5.41) is 2.30. The Labute approximate surface area is 151 Å². The second-order valence-corrected chi connectivity index (χ2v) is 6.58. The molecule has 4 heteroatoms. The lowest BCUT2D eigenvalue weighted by Crippen LogP contribution is -1.91. The van der Waals surface area contributed by atoms with Gasteiger partial charge in [-0.2, -0.15) is 0 Å². The minimum atomic E-state index is 0.861. The van der Waals surface area contributed by atoms with Gasteiger partial charge < -0.3 is 0 Å². The van der Waals surface area contributed by atoms with E-state index in [4.69, 9.17) is 0 Å². The molecule has 26 heavy (non-hydrogen) atoms. The highest BCUT2D eigenvalue weighted by Gasteiger charge is 2.09. The number of nitrogens with zero attached hydrogens (tertiary/aromatic N) is 2. The van der Waals surface area contributed by atoms with Gasteiger partial charge in [-0.25, -0.2) is 0 Å². The maximum Gasteiger partial charge on any atom is 0.218 e. The van der Waals surface area contributed by atoms with Crippen LogP contribution < -0.4 is 0 Å². The lowest BCUT2D eigenvalue weighted by atomic mass is 10.0. The second kappa shape index (κ2) is 7.00. The SMILES string of the molecule is O=Cn1cc(CCCCc2cn(C=O)c3ccccc23)c2ccccc21. The maximum atomic E-state index is 11.2. The zero-order chi connectivity index (χ0) is 17.9. The number of aromatic nitrogens is 2. The first kappa shape index (κ1) is 16.3. The molecule has 0 atom stereocenters. The summed E-state index contributed by atoms with van der Waals surface area (Å²) in [5.74, 6) is 0. The number of rotatable bonds is 7. The van der Waals surface area contributed by atoms with Crippen LogP contribution in [0.5, 0.6) is 0 Å². The van der Waals surface area contributed by atoms with Gasteiger partial charge in [0.2, 0.25) is 12.8 Å². The van der Waals surface area contributed by atoms with Crippen molar-refractivity contribution in [3.63, 3.8) is 0 Å². The molecule has 0 saturated carbocycles. The molecule has 2 aromatic heterocycles. The Morgan fingerprint density at radius 1 is 0.654 bits per heavy atom. The second-order valence-electron chi connectivity index (χ2n) is 6.58. The minimum Gasteiger partial charge on any atom is -0.290 e. The zero-order valence-corrected chi connectivity index (χ0v) is 14.5. The summed E-state index contributed by atoms with van der Waals surface area (Å²) >= 11 is 0. The normalized spacial score (nSPS) is 11.2. The van der Waals surface area contributed by atoms with Gasteiger partial charge in [0.05, 0.1) is 11.0 Å². The summed E-state index contributed by atoms with van der Waals surface area (Å²) in [7, 11) is 0. The van der Waals surface area contributed by atoms with Crippen LogP contribution in [-0.2, 0) is 22.4 Å². The summed E-state index contributed by atoms with van der Waals surface area (Å²) in [4.78, 5) is 22.5. The molecule has 0 amide bonds. The number of carbonyl (C=O) groups is 2. The van der Waals surface area contributed by atoms with Crippen molar-refractivity contribution in [1.82, 2.24) is 9.13 Å². The van der Waals surface area contributed by atoms with Gasteiger partial charge in [-0.15, -0.1) is 0 Å². The van der Waals surface area contributed by atoms with Crippen molar-refractivity contribution in [3.8, 4) is 0 Å². The van der Waals surface area contributed by atoms with E-state index >= 15 is 0 Å². The molecule has 4 rings (SSSR count). The summed E-state index contributed by atoms with van der Waals surface area (Å²) in [5.41, 5.74) is 4.35. The van der Waals surface area contributed by atoms with E-state index < -0.39 is 0 Å². The monoisotopic (exact) mass is 344 g/mol. The number of para-hydroxylation sites is 2. The maximum absolute atomic E-state index is 11.2. The van der Waals surface area contributed by atoms with Gasteiger partial charge in [-0.1, -0.05) is 36.4 Å². The van der Waals surface area contributed by atoms with Gasteiger partial charge >= 0.3 is 0 Å². The van der Waals surface area contributed by atoms with Gasteiger partial charge in [-0.05, 0) is 48.9 Å². The molecule has 0 unspecified atom stereocenters. The smallest absolute Gasteiger partial charge is 0.218 e. The number of unbranched alkanes of at least 4 members (excludes halogenated alkanes) is 1. The lowest BCUT2D eigenvalue weighted by Gasteiger charge is -2.01. The Morgan fingerprint density at radius 2 is 1.08 bits per heavy atom. The predicted molar refractivity (Wildman–Crippen MR) is 105 cm³/mol. The Balaban J connectivity index is 1.47. The Hall–Kier alpha value is -3.14. The van der Waals surface area contributed by atoms with Crippen molar-refractivity contribution in [1.29, 1.82) is 0 Å². The average molecular weight is 344 g/mol. The fraction of sp³-hybridized carbons (Fsp3) is 0.182. The first-order valence-electron chi connectivity index (χ1n) is 8.89. The van der Waals surface area contributed by atoms with E-state index in [0.29, 0.717) is 0 Å². The van der Waals surface area contributed by atoms with E-state index in [-0.39, 0.29) is 0 Å². The van der Waals surface area contributed by atoms with Crippen molar-refractivity contribution in [3.05, 3.63) is 72.1 Å². The molecular formula is C22H20N2O2. The number of aryl methyl sites for hydroxylation is 2. The molecule has 0 radical (unpaired) electrons. The number of benzene rings is 2. The van der Waals surface area contributed by atoms with Crippen molar-refractivity contribution in [2.45, 2.75) is 25.7 Å². The van der Waals surface area contributed by atoms with Crippen LogP contribution in [0, 0.1) is 0 Å². The number of carbonyl (C=O) groups excluding carboxylic acids is 2. The van der Waals surface area contributed by atoms with Crippen LogP contribution in [0.15, 0.2) is 60.9 Å². The number of hydrogen-bond donors (Lipinski definition) is 0. The third kappa shape index (κ3) is 2.84. The molecule has 0 spiro atoms. The van der Waals surface area contributed by atoms with E-state index in [9.17, 15) is 9.59 Å². The molecule has 2 aromatic carbocycles. The van der Waals surface area contributed by atoms with Gasteiger partial charge in [-0.3, -0.25) is 18.7 Å². The third-order valence-electron chi connectivity index (χ3n) is 5.02. The van der Waals surface area contributed by atoms with Gasteiger partial charge in [0.1, 0.15) is 0 Å². The highest BCUT2D eigenvalue weighted by molar-refractivity contribution is 5.89. The van der Waals surface area contributed by atoms with E-state index in [2.05, 4.69) is 12.1 Å². The first-order valence-corrected chi connectivity index (χ1v) is 8.89. The van der Waals surface area contributed by atoms with Crippen LogP contribution >= 0.6 is 0 Å². The molecular weight excluding hydrogens is 324 g/mol. The van der Waals surface area contributed by atoms with Crippen LogP contribution in [0.3, 0.4) is 0 Å². The van der Waals surface area contributed by atoms with Crippen LogP contribution in [0.25, 0.3) is 21.8 Å². The number of hydrogen-bond acceptors (Lipinski definition) is 2. The molecule has 0 aliphatic heterocycles. The summed E-state index contributed by atoms with van der Waals surface area (Å²) in [6.45, 7) is 0. The standard InChI is InChI=1S/C22H20N2O2/c25-15-23-13-17(19-9-3-5-11-21(19)23)7-1-2-8-18-14-24(16-26)22-12-6-4-10-20(18)22/h3-6,9-16H,1-2,7-8H2. The van der Waals surface area contributed by atoms with Crippen LogP contribution in [0.2, 0.25) is 0 Å². The highest BCUT2D eigenvalue weighted by Crippen LogP contribution is 2.24. The molecule has 4 nitrogen and oxygen atoms in total. The third-order valence-corrected chi connectivity index (χ3v) is 5.02. The quantitative estimate of drug-likeness (QED) is 0.372. The van der Waals surface area contributed by atoms with E-state index in [1.807, 2.05) is 48.8 Å². The topological polar surface area (TPSA) is 44.0 Å². The van der Waals surface area contributed by atoms with Crippen LogP contribution in [0.4, 0.5) is 0 Å². The molecule has 0 saturated heterocycles. The predicted octanol–water partition coefficient (Wildman–Crippen LogP) is 4.24. The zero-order valence-electron chi connectivity index (χ0n) is 14.5. The molecule has 0 bridgehead atoms. The van der Waals surface area contributed by atoms with Gasteiger partial charge in [0, 0.05) is 23.2 Å². The highest BCUT2D eigenvalue weighted by atomic mass is 16.1. The average Bonchev–Trinajstić information content (AvgIpc) is 3.23. The van der Waals surface area contributed by atoms with E-state index in [1.54, 1.807) is 9.13 Å². The van der Waals surface area contributed by atoms with Crippen molar-refractivity contribution < 1.29 is 9.59 Å². The Bertz CT molecular complexity index is 1000. The molecule has 130 valence electrons. The molecule has 4 aromatic rings. The molecule has 0 aliphatic carbocycles.